The first-order valence-electron chi connectivity index (χ1n) is 9.79. The molecule has 146 valence electrons. The van der Waals surface area contributed by atoms with E-state index in [0.717, 1.165) is 43.0 Å². The van der Waals surface area contributed by atoms with Gasteiger partial charge >= 0.3 is 0 Å². The first-order chi connectivity index (χ1) is 13.1. The predicted octanol–water partition coefficient (Wildman–Crippen LogP) is 4.04. The zero-order chi connectivity index (χ0) is 18.8. The van der Waals surface area contributed by atoms with Gasteiger partial charge in [-0.1, -0.05) is 29.3 Å². The van der Waals surface area contributed by atoms with E-state index in [-0.39, 0.29) is 0 Å². The van der Waals surface area contributed by atoms with E-state index in [4.69, 9.17) is 23.2 Å². The molecule has 0 bridgehead atoms. The van der Waals surface area contributed by atoms with Crippen molar-refractivity contribution >= 4 is 29.0 Å². The Balaban J connectivity index is 1.33. The molecule has 2 N–H and O–H groups in total. The molecular weight excluding hydrogens is 381 g/mol. The molecule has 27 heavy (non-hydrogen) atoms. The Bertz CT molecular complexity index is 769. The average molecular weight is 408 g/mol. The summed E-state index contributed by atoms with van der Waals surface area (Å²) in [5.41, 5.74) is 1.97. The highest BCUT2D eigenvalue weighted by molar-refractivity contribution is 6.42. The van der Waals surface area contributed by atoms with Crippen LogP contribution < -0.4 is 10.2 Å². The van der Waals surface area contributed by atoms with E-state index in [0.29, 0.717) is 22.1 Å². The van der Waals surface area contributed by atoms with Crippen LogP contribution in [0.2, 0.25) is 10.0 Å². The van der Waals surface area contributed by atoms with E-state index in [9.17, 15) is 0 Å². The first kappa shape index (κ1) is 19.1. The second kappa shape index (κ2) is 8.39. The van der Waals surface area contributed by atoms with Gasteiger partial charge in [0.1, 0.15) is 0 Å². The van der Waals surface area contributed by atoms with Gasteiger partial charge in [-0.05, 0) is 51.4 Å². The highest BCUT2D eigenvalue weighted by atomic mass is 35.5. The Hall–Kier alpha value is -1.27. The summed E-state index contributed by atoms with van der Waals surface area (Å²) in [7, 11) is 2.22. The lowest BCUT2D eigenvalue weighted by Crippen LogP contribution is -2.51. The average Bonchev–Trinajstić information content (AvgIpc) is 3.15. The van der Waals surface area contributed by atoms with Crippen LogP contribution in [0.15, 0.2) is 24.3 Å². The SMILES string of the molecule is CN1CCCC(NC2CCN(c3cc(-c4ccc(Cl)c(Cl)c4)[nH]n3)CC2)C1. The Morgan fingerprint density at radius 1 is 1.04 bits per heavy atom. The van der Waals surface area contributed by atoms with Crippen LogP contribution in [0.5, 0.6) is 0 Å². The van der Waals surface area contributed by atoms with E-state index >= 15 is 0 Å². The van der Waals surface area contributed by atoms with Crippen molar-refractivity contribution in [3.05, 3.63) is 34.3 Å². The number of H-pyrrole nitrogens is 1. The van der Waals surface area contributed by atoms with Gasteiger partial charge in [-0.3, -0.25) is 5.10 Å². The smallest absolute Gasteiger partial charge is 0.150 e. The molecule has 0 radical (unpaired) electrons. The van der Waals surface area contributed by atoms with Gasteiger partial charge in [0.05, 0.1) is 15.7 Å². The monoisotopic (exact) mass is 407 g/mol. The molecule has 1 atom stereocenters. The molecule has 1 unspecified atom stereocenters. The third-order valence-corrected chi connectivity index (χ3v) is 6.45. The lowest BCUT2D eigenvalue weighted by Gasteiger charge is -2.37. The fraction of sp³-hybridized carbons (Fsp3) is 0.550. The maximum absolute atomic E-state index is 6.14. The Morgan fingerprint density at radius 2 is 1.85 bits per heavy atom. The van der Waals surface area contributed by atoms with Crippen molar-refractivity contribution in [2.45, 2.75) is 37.8 Å². The molecule has 4 rings (SSSR count). The quantitative estimate of drug-likeness (QED) is 0.802. The van der Waals surface area contributed by atoms with E-state index in [1.165, 1.54) is 25.9 Å². The molecule has 2 fully saturated rings. The van der Waals surface area contributed by atoms with Gasteiger partial charge in [0.2, 0.25) is 0 Å². The molecule has 0 aliphatic carbocycles. The standard InChI is InChI=1S/C20H27Cl2N5/c1-26-8-2-3-16(13-26)23-15-6-9-27(10-7-15)20-12-19(24-25-20)14-4-5-17(21)18(22)11-14/h4-5,11-12,15-16,23H,2-3,6-10,13H2,1H3,(H,24,25). The molecule has 3 heterocycles. The number of likely N-dealkylation sites (N-methyl/N-ethyl adjacent to an activating group) is 1. The number of anilines is 1. The van der Waals surface area contributed by atoms with Crippen LogP contribution in [-0.4, -0.2) is 60.4 Å². The van der Waals surface area contributed by atoms with Crippen molar-refractivity contribution in [2.24, 2.45) is 0 Å². The fourth-order valence-electron chi connectivity index (χ4n) is 4.20. The predicted molar refractivity (Wildman–Crippen MR) is 113 cm³/mol. The lowest BCUT2D eigenvalue weighted by atomic mass is 10.0. The van der Waals surface area contributed by atoms with Crippen LogP contribution in [-0.2, 0) is 0 Å². The minimum absolute atomic E-state index is 0.561. The molecule has 7 heteroatoms. The summed E-state index contributed by atoms with van der Waals surface area (Å²) < 4.78 is 0. The second-order valence-electron chi connectivity index (χ2n) is 7.80. The molecule has 1 aromatic heterocycles. The van der Waals surface area contributed by atoms with Crippen molar-refractivity contribution in [2.75, 3.05) is 38.1 Å². The third-order valence-electron chi connectivity index (χ3n) is 5.71. The van der Waals surface area contributed by atoms with Gasteiger partial charge in [-0.25, -0.2) is 0 Å². The minimum atomic E-state index is 0.561. The number of rotatable bonds is 4. The Kier molecular flexibility index (Phi) is 5.93. The fourth-order valence-corrected chi connectivity index (χ4v) is 4.49. The summed E-state index contributed by atoms with van der Waals surface area (Å²) in [5, 5.41) is 12.7. The van der Waals surface area contributed by atoms with Crippen LogP contribution in [0, 0.1) is 0 Å². The number of aromatic nitrogens is 2. The van der Waals surface area contributed by atoms with Gasteiger partial charge in [-0.15, -0.1) is 0 Å². The zero-order valence-electron chi connectivity index (χ0n) is 15.7. The molecule has 5 nitrogen and oxygen atoms in total. The van der Waals surface area contributed by atoms with Gasteiger partial charge in [-0.2, -0.15) is 5.10 Å². The number of nitrogens with zero attached hydrogens (tertiary/aromatic N) is 3. The highest BCUT2D eigenvalue weighted by Crippen LogP contribution is 2.29. The molecule has 2 saturated heterocycles. The molecule has 2 aromatic rings. The van der Waals surface area contributed by atoms with E-state index in [1.807, 2.05) is 18.2 Å². The molecule has 2 aliphatic rings. The number of piperidine rings is 2. The van der Waals surface area contributed by atoms with Gasteiger partial charge < -0.3 is 15.1 Å². The molecule has 0 amide bonds. The number of nitrogens with one attached hydrogen (secondary N) is 2. The number of hydrogen-bond acceptors (Lipinski definition) is 4. The number of halogens is 2. The summed E-state index contributed by atoms with van der Waals surface area (Å²) in [4.78, 5) is 4.80. The van der Waals surface area contributed by atoms with Gasteiger partial charge in [0.15, 0.2) is 5.82 Å². The number of hydrogen-bond donors (Lipinski definition) is 2. The number of likely N-dealkylation sites (tertiary alicyclic amines) is 1. The largest absolute Gasteiger partial charge is 0.355 e. The highest BCUT2D eigenvalue weighted by Gasteiger charge is 2.25. The maximum atomic E-state index is 6.14. The van der Waals surface area contributed by atoms with E-state index in [1.54, 1.807) is 0 Å². The van der Waals surface area contributed by atoms with Crippen molar-refractivity contribution in [1.29, 1.82) is 0 Å². The summed E-state index contributed by atoms with van der Waals surface area (Å²) >= 11 is 12.1. The lowest BCUT2D eigenvalue weighted by molar-refractivity contribution is 0.209. The minimum Gasteiger partial charge on any atom is -0.355 e. The summed E-state index contributed by atoms with van der Waals surface area (Å²) in [5.74, 6) is 1.01. The van der Waals surface area contributed by atoms with Gasteiger partial charge in [0.25, 0.3) is 0 Å². The van der Waals surface area contributed by atoms with Crippen molar-refractivity contribution in [3.63, 3.8) is 0 Å². The molecule has 0 saturated carbocycles. The number of benzene rings is 1. The van der Waals surface area contributed by atoms with Crippen LogP contribution in [0.3, 0.4) is 0 Å². The summed E-state index contributed by atoms with van der Waals surface area (Å²) in [6.45, 7) is 4.47. The summed E-state index contributed by atoms with van der Waals surface area (Å²) in [6, 6.07) is 9.02. The summed E-state index contributed by atoms with van der Waals surface area (Å²) in [6.07, 6.45) is 4.93. The first-order valence-corrected chi connectivity index (χ1v) is 10.5. The zero-order valence-corrected chi connectivity index (χ0v) is 17.2. The third kappa shape index (κ3) is 4.60. The topological polar surface area (TPSA) is 47.2 Å². The van der Waals surface area contributed by atoms with Crippen molar-refractivity contribution in [3.8, 4) is 11.3 Å². The molecular formula is C20H27Cl2N5. The van der Waals surface area contributed by atoms with Crippen molar-refractivity contribution in [1.82, 2.24) is 20.4 Å². The van der Waals surface area contributed by atoms with Gasteiger partial charge in [0, 0.05) is 43.3 Å². The van der Waals surface area contributed by atoms with Crippen LogP contribution in [0.4, 0.5) is 5.82 Å². The number of aromatic amines is 1. The Morgan fingerprint density at radius 3 is 2.59 bits per heavy atom. The molecule has 0 spiro atoms. The Labute approximate surface area is 171 Å². The van der Waals surface area contributed by atoms with E-state index in [2.05, 4.69) is 38.4 Å². The van der Waals surface area contributed by atoms with Crippen LogP contribution in [0.1, 0.15) is 25.7 Å². The molecule has 2 aliphatic heterocycles. The maximum Gasteiger partial charge on any atom is 0.150 e. The van der Waals surface area contributed by atoms with Crippen LogP contribution in [0.25, 0.3) is 11.3 Å². The molecule has 1 aromatic carbocycles. The van der Waals surface area contributed by atoms with Crippen molar-refractivity contribution < 1.29 is 0 Å². The normalized spacial score (nSPS) is 22.3. The van der Waals surface area contributed by atoms with E-state index < -0.39 is 0 Å². The second-order valence-corrected chi connectivity index (χ2v) is 8.61. The van der Waals surface area contributed by atoms with Crippen LogP contribution >= 0.6 is 23.2 Å².